The molecule has 1 aliphatic heterocycles. The Hall–Kier alpha value is -2.39. The number of halogens is 3. The first-order valence-corrected chi connectivity index (χ1v) is 9.11. The lowest BCUT2D eigenvalue weighted by Crippen LogP contribution is -2.41. The summed E-state index contributed by atoms with van der Waals surface area (Å²) in [6.07, 6.45) is 1.17. The molecule has 3 rings (SSSR count). The van der Waals surface area contributed by atoms with E-state index in [-0.39, 0.29) is 22.4 Å². The van der Waals surface area contributed by atoms with Crippen LogP contribution in [0.25, 0.3) is 0 Å². The second-order valence-corrected chi connectivity index (χ2v) is 8.10. The van der Waals surface area contributed by atoms with E-state index in [1.54, 1.807) is 0 Å². The molecule has 2 aromatic rings. The highest BCUT2D eigenvalue weighted by atomic mass is 19.3. The summed E-state index contributed by atoms with van der Waals surface area (Å²) in [6.45, 7) is 8.17. The predicted molar refractivity (Wildman–Crippen MR) is 104 cm³/mol. The number of carbonyl (C=O) groups excluding carboxylic acids is 1. The first-order chi connectivity index (χ1) is 13.3. The maximum atomic E-state index is 14.7. The second-order valence-electron chi connectivity index (χ2n) is 8.10. The highest BCUT2D eigenvalue weighted by Gasteiger charge is 2.52. The van der Waals surface area contributed by atoms with Gasteiger partial charge in [0.15, 0.2) is 0 Å². The van der Waals surface area contributed by atoms with Gasteiger partial charge in [0.25, 0.3) is 11.8 Å². The first kappa shape index (κ1) is 21.3. The SMILES string of the molecule is CC(F)(F)c1ccnc(NC(=O)c2ccc(B3OC(C)(C)C(C)(C)O3)c(F)c2)c1. The molecule has 1 amide bonds. The van der Waals surface area contributed by atoms with Crippen molar-refractivity contribution in [3.05, 3.63) is 53.5 Å². The predicted octanol–water partition coefficient (Wildman–Crippen LogP) is 3.88. The van der Waals surface area contributed by atoms with Crippen LogP contribution in [-0.4, -0.2) is 29.2 Å². The van der Waals surface area contributed by atoms with Crippen molar-refractivity contribution in [3.8, 4) is 0 Å². The van der Waals surface area contributed by atoms with Gasteiger partial charge in [0.2, 0.25) is 0 Å². The van der Waals surface area contributed by atoms with E-state index in [4.69, 9.17) is 9.31 Å². The summed E-state index contributed by atoms with van der Waals surface area (Å²) in [7, 11) is -0.901. The van der Waals surface area contributed by atoms with Crippen LogP contribution in [0.15, 0.2) is 36.5 Å². The smallest absolute Gasteiger partial charge is 0.399 e. The van der Waals surface area contributed by atoms with Crippen molar-refractivity contribution in [1.29, 1.82) is 0 Å². The van der Waals surface area contributed by atoms with E-state index in [0.717, 1.165) is 25.1 Å². The van der Waals surface area contributed by atoms with Gasteiger partial charge in [-0.05, 0) is 52.0 Å². The average molecular weight is 406 g/mol. The van der Waals surface area contributed by atoms with Gasteiger partial charge < -0.3 is 14.6 Å². The van der Waals surface area contributed by atoms with Crippen LogP contribution in [0.3, 0.4) is 0 Å². The van der Waals surface area contributed by atoms with E-state index >= 15 is 0 Å². The molecule has 1 saturated heterocycles. The van der Waals surface area contributed by atoms with Gasteiger partial charge in [-0.3, -0.25) is 4.79 Å². The Kier molecular flexibility index (Phi) is 5.25. The molecule has 0 atom stereocenters. The van der Waals surface area contributed by atoms with Crippen molar-refractivity contribution in [2.24, 2.45) is 0 Å². The monoisotopic (exact) mass is 406 g/mol. The number of nitrogens with zero attached hydrogens (tertiary/aromatic N) is 1. The first-order valence-electron chi connectivity index (χ1n) is 9.11. The van der Waals surface area contributed by atoms with Gasteiger partial charge in [-0.15, -0.1) is 0 Å². The van der Waals surface area contributed by atoms with Crippen molar-refractivity contribution in [3.63, 3.8) is 0 Å². The molecule has 0 unspecified atom stereocenters. The number of benzene rings is 1. The minimum Gasteiger partial charge on any atom is -0.399 e. The summed E-state index contributed by atoms with van der Waals surface area (Å²) in [6, 6.07) is 6.11. The Morgan fingerprint density at radius 3 is 2.28 bits per heavy atom. The molecule has 2 heterocycles. The van der Waals surface area contributed by atoms with Crippen LogP contribution in [0.2, 0.25) is 0 Å². The number of aromatic nitrogens is 1. The maximum Gasteiger partial charge on any atom is 0.497 e. The molecule has 5 nitrogen and oxygen atoms in total. The Morgan fingerprint density at radius 2 is 1.72 bits per heavy atom. The normalized spacial score (nSPS) is 18.0. The zero-order valence-electron chi connectivity index (χ0n) is 16.8. The quantitative estimate of drug-likeness (QED) is 0.783. The highest BCUT2D eigenvalue weighted by Crippen LogP contribution is 2.36. The molecule has 1 aliphatic rings. The molecule has 1 aromatic carbocycles. The number of anilines is 1. The molecular formula is C20H22BF3N2O3. The maximum absolute atomic E-state index is 14.7. The second kappa shape index (κ2) is 7.14. The summed E-state index contributed by atoms with van der Waals surface area (Å²) < 4.78 is 53.2. The number of alkyl halides is 2. The Labute approximate surface area is 167 Å². The molecule has 154 valence electrons. The van der Waals surface area contributed by atoms with Crippen molar-refractivity contribution < 1.29 is 27.3 Å². The summed E-state index contributed by atoms with van der Waals surface area (Å²) in [5, 5.41) is 2.40. The molecule has 0 bridgehead atoms. The number of carbonyl (C=O) groups is 1. The molecule has 0 aliphatic carbocycles. The fourth-order valence-corrected chi connectivity index (χ4v) is 2.79. The minimum absolute atomic E-state index is 0.0122. The van der Waals surface area contributed by atoms with E-state index in [0.29, 0.717) is 0 Å². The molecule has 1 fully saturated rings. The Balaban J connectivity index is 1.78. The van der Waals surface area contributed by atoms with E-state index in [9.17, 15) is 18.0 Å². The number of rotatable bonds is 4. The number of pyridine rings is 1. The molecule has 1 aromatic heterocycles. The molecule has 1 N–H and O–H groups in total. The summed E-state index contributed by atoms with van der Waals surface area (Å²) in [5.74, 6) is -4.46. The summed E-state index contributed by atoms with van der Waals surface area (Å²) >= 11 is 0. The fraction of sp³-hybridized carbons (Fsp3) is 0.400. The van der Waals surface area contributed by atoms with Crippen LogP contribution in [-0.2, 0) is 15.2 Å². The number of hydrogen-bond donors (Lipinski definition) is 1. The van der Waals surface area contributed by atoms with Crippen LogP contribution in [0, 0.1) is 5.82 Å². The topological polar surface area (TPSA) is 60.5 Å². The van der Waals surface area contributed by atoms with Gasteiger partial charge >= 0.3 is 7.12 Å². The zero-order chi connectivity index (χ0) is 21.6. The van der Waals surface area contributed by atoms with Crippen LogP contribution in [0.1, 0.15) is 50.5 Å². The third kappa shape index (κ3) is 4.30. The van der Waals surface area contributed by atoms with Crippen molar-refractivity contribution >= 4 is 24.3 Å². The lowest BCUT2D eigenvalue weighted by atomic mass is 9.78. The third-order valence-electron chi connectivity index (χ3n) is 5.28. The van der Waals surface area contributed by atoms with Crippen LogP contribution >= 0.6 is 0 Å². The molecule has 29 heavy (non-hydrogen) atoms. The Bertz CT molecular complexity index is 929. The van der Waals surface area contributed by atoms with E-state index in [1.165, 1.54) is 18.3 Å². The van der Waals surface area contributed by atoms with Gasteiger partial charge in [0.1, 0.15) is 11.6 Å². The van der Waals surface area contributed by atoms with Gasteiger partial charge in [-0.2, -0.15) is 0 Å². The standard InChI is InChI=1S/C20H22BF3N2O3/c1-18(2)19(3,4)29-21(28-18)14-7-6-12(10-15(14)22)17(27)26-16-11-13(8-9-25-16)20(5,23)24/h6-11H,1-5H3,(H,25,26,27). The average Bonchev–Trinajstić information content (AvgIpc) is 2.81. The van der Waals surface area contributed by atoms with E-state index in [2.05, 4.69) is 10.3 Å². The Morgan fingerprint density at radius 1 is 1.10 bits per heavy atom. The molecule has 0 saturated carbocycles. The van der Waals surface area contributed by atoms with Gasteiger partial charge in [0, 0.05) is 29.7 Å². The number of nitrogens with one attached hydrogen (secondary N) is 1. The van der Waals surface area contributed by atoms with Gasteiger partial charge in [0.05, 0.1) is 11.2 Å². The number of hydrogen-bond acceptors (Lipinski definition) is 4. The van der Waals surface area contributed by atoms with Crippen molar-refractivity contribution in [2.45, 2.75) is 51.7 Å². The molecular weight excluding hydrogens is 384 g/mol. The number of amides is 1. The lowest BCUT2D eigenvalue weighted by Gasteiger charge is -2.32. The largest absolute Gasteiger partial charge is 0.497 e. The van der Waals surface area contributed by atoms with E-state index < -0.39 is 36.0 Å². The highest BCUT2D eigenvalue weighted by molar-refractivity contribution is 6.62. The lowest BCUT2D eigenvalue weighted by molar-refractivity contribution is 0.00578. The van der Waals surface area contributed by atoms with Gasteiger partial charge in [-0.25, -0.2) is 18.2 Å². The summed E-state index contributed by atoms with van der Waals surface area (Å²) in [5.41, 5.74) is -1.36. The fourth-order valence-electron chi connectivity index (χ4n) is 2.79. The molecule has 9 heteroatoms. The molecule has 0 radical (unpaired) electrons. The molecule has 0 spiro atoms. The van der Waals surface area contributed by atoms with Crippen LogP contribution in [0.4, 0.5) is 19.0 Å². The zero-order valence-corrected chi connectivity index (χ0v) is 16.8. The van der Waals surface area contributed by atoms with Crippen LogP contribution < -0.4 is 10.8 Å². The minimum atomic E-state index is -3.07. The van der Waals surface area contributed by atoms with Crippen LogP contribution in [0.5, 0.6) is 0 Å². The van der Waals surface area contributed by atoms with Gasteiger partial charge in [-0.1, -0.05) is 6.07 Å². The van der Waals surface area contributed by atoms with Crippen molar-refractivity contribution in [1.82, 2.24) is 4.98 Å². The van der Waals surface area contributed by atoms with Crippen molar-refractivity contribution in [2.75, 3.05) is 5.32 Å². The third-order valence-corrected chi connectivity index (χ3v) is 5.28. The van der Waals surface area contributed by atoms with E-state index in [1.807, 2.05) is 27.7 Å². The summed E-state index contributed by atoms with van der Waals surface area (Å²) in [4.78, 5) is 16.3.